The number of hydrogen-bond donors (Lipinski definition) is 1. The Hall–Kier alpha value is -3.20. The van der Waals surface area contributed by atoms with Crippen molar-refractivity contribution in [1.82, 2.24) is 14.7 Å². The van der Waals surface area contributed by atoms with Crippen LogP contribution in [0, 0.1) is 0 Å². The summed E-state index contributed by atoms with van der Waals surface area (Å²) < 4.78 is 42.4. The molecule has 4 rings (SSSR count). The number of piperazine rings is 1. The number of alkyl halides is 3. The van der Waals surface area contributed by atoms with E-state index in [2.05, 4.69) is 15.2 Å². The van der Waals surface area contributed by atoms with E-state index in [9.17, 15) is 18.4 Å². The van der Waals surface area contributed by atoms with Gasteiger partial charge in [-0.05, 0) is 24.3 Å². The molecule has 1 aliphatic rings. The summed E-state index contributed by atoms with van der Waals surface area (Å²) in [6.07, 6.45) is -4.78. The highest BCUT2D eigenvalue weighted by molar-refractivity contribution is 6.33. The highest BCUT2D eigenvalue weighted by Gasteiger charge is 2.42. The van der Waals surface area contributed by atoms with E-state index in [0.717, 1.165) is 10.4 Å². The van der Waals surface area contributed by atoms with Crippen LogP contribution < -0.4 is 4.90 Å². The molecule has 1 N–H and O–H groups in total. The molecule has 0 saturated carbocycles. The number of hydrogen-bond acceptors (Lipinski definition) is 4. The van der Waals surface area contributed by atoms with Gasteiger partial charge in [0.15, 0.2) is 11.5 Å². The lowest BCUT2D eigenvalue weighted by Crippen LogP contribution is -2.49. The molecule has 3 aromatic rings. The van der Waals surface area contributed by atoms with Gasteiger partial charge in [-0.25, -0.2) is 4.68 Å². The second-order valence-electron chi connectivity index (χ2n) is 6.99. The zero-order valence-electron chi connectivity index (χ0n) is 16.3. The average molecular weight is 450 g/mol. The Bertz CT molecular complexity index is 1060. The molecule has 1 aromatic heterocycles. The number of rotatable bonds is 3. The van der Waals surface area contributed by atoms with Crippen LogP contribution in [0.2, 0.25) is 5.15 Å². The van der Waals surface area contributed by atoms with E-state index in [1.807, 2.05) is 30.3 Å². The average Bonchev–Trinajstić information content (AvgIpc) is 3.14. The highest BCUT2D eigenvalue weighted by Crippen LogP contribution is 2.36. The normalized spacial score (nSPS) is 15.4. The predicted molar refractivity (Wildman–Crippen MR) is 112 cm³/mol. The fourth-order valence-corrected chi connectivity index (χ4v) is 3.93. The fraction of sp³-hybridized carbons (Fsp3) is 0.238. The third-order valence-electron chi connectivity index (χ3n) is 5.12. The Balaban J connectivity index is 1.67. The van der Waals surface area contributed by atoms with E-state index < -0.39 is 17.4 Å². The van der Waals surface area contributed by atoms with Crippen molar-refractivity contribution in [3.8, 4) is 5.69 Å². The van der Waals surface area contributed by atoms with Gasteiger partial charge in [0.2, 0.25) is 0 Å². The third-order valence-corrected chi connectivity index (χ3v) is 5.47. The molecule has 1 aliphatic heterocycles. The summed E-state index contributed by atoms with van der Waals surface area (Å²) in [6.45, 7) is 1.82. The Morgan fingerprint density at radius 1 is 0.903 bits per heavy atom. The maximum atomic E-state index is 13.8. The molecule has 0 bridgehead atoms. The van der Waals surface area contributed by atoms with E-state index in [1.165, 1.54) is 0 Å². The van der Waals surface area contributed by atoms with Crippen LogP contribution in [0.3, 0.4) is 0 Å². The maximum absolute atomic E-state index is 13.8. The van der Waals surface area contributed by atoms with E-state index in [4.69, 9.17) is 11.6 Å². The van der Waals surface area contributed by atoms with Gasteiger partial charge in [0.1, 0.15) is 5.15 Å². The number of para-hydroxylation sites is 2. The molecule has 0 radical (unpaired) electrons. The molecule has 10 heteroatoms. The van der Waals surface area contributed by atoms with Crippen LogP contribution >= 0.6 is 11.6 Å². The number of halogens is 4. The number of oxime groups is 1. The SMILES string of the molecule is O/N=C(/c1c(C(F)(F)F)nn(-c2ccccc2)c1Cl)N1CCN(c2ccccc2)CC1. The van der Waals surface area contributed by atoms with Gasteiger partial charge >= 0.3 is 6.18 Å². The van der Waals surface area contributed by atoms with Crippen LogP contribution in [0.1, 0.15) is 11.3 Å². The number of amidine groups is 1. The van der Waals surface area contributed by atoms with E-state index in [1.54, 1.807) is 35.2 Å². The van der Waals surface area contributed by atoms with Gasteiger partial charge in [-0.15, -0.1) is 0 Å². The quantitative estimate of drug-likeness (QED) is 0.277. The minimum atomic E-state index is -4.78. The minimum Gasteiger partial charge on any atom is -0.409 e. The van der Waals surface area contributed by atoms with Crippen LogP contribution in [-0.2, 0) is 6.18 Å². The molecule has 162 valence electrons. The summed E-state index contributed by atoms with van der Waals surface area (Å²) in [5.74, 6) is -0.243. The van der Waals surface area contributed by atoms with Crippen molar-refractivity contribution in [2.45, 2.75) is 6.18 Å². The molecule has 31 heavy (non-hydrogen) atoms. The van der Waals surface area contributed by atoms with Crippen LogP contribution in [0.15, 0.2) is 65.8 Å². The van der Waals surface area contributed by atoms with Crippen molar-refractivity contribution in [2.75, 3.05) is 31.1 Å². The summed E-state index contributed by atoms with van der Waals surface area (Å²) in [5.41, 5.74) is -0.237. The van der Waals surface area contributed by atoms with Crippen LogP contribution in [0.25, 0.3) is 5.69 Å². The van der Waals surface area contributed by atoms with Gasteiger partial charge in [0.05, 0.1) is 11.3 Å². The fourth-order valence-electron chi connectivity index (χ4n) is 3.62. The molecule has 1 saturated heterocycles. The van der Waals surface area contributed by atoms with Gasteiger partial charge in [0, 0.05) is 31.9 Å². The summed E-state index contributed by atoms with van der Waals surface area (Å²) in [5, 5.41) is 16.3. The number of nitrogens with zero attached hydrogens (tertiary/aromatic N) is 5. The lowest BCUT2D eigenvalue weighted by molar-refractivity contribution is -0.141. The lowest BCUT2D eigenvalue weighted by Gasteiger charge is -2.37. The largest absolute Gasteiger partial charge is 0.435 e. The smallest absolute Gasteiger partial charge is 0.409 e. The molecule has 0 unspecified atom stereocenters. The maximum Gasteiger partial charge on any atom is 0.435 e. The van der Waals surface area contributed by atoms with Gasteiger partial charge in [-0.2, -0.15) is 18.3 Å². The van der Waals surface area contributed by atoms with Crippen LogP contribution in [-0.4, -0.2) is 51.9 Å². The summed E-state index contributed by atoms with van der Waals surface area (Å²) in [4.78, 5) is 3.71. The Morgan fingerprint density at radius 3 is 1.97 bits per heavy atom. The van der Waals surface area contributed by atoms with E-state index >= 15 is 0 Å². The Kier molecular flexibility index (Phi) is 5.77. The van der Waals surface area contributed by atoms with Gasteiger partial charge in [-0.3, -0.25) is 0 Å². The predicted octanol–water partition coefficient (Wildman–Crippen LogP) is 4.50. The van der Waals surface area contributed by atoms with Crippen molar-refractivity contribution in [1.29, 1.82) is 0 Å². The number of aromatic nitrogens is 2. The molecule has 0 atom stereocenters. The topological polar surface area (TPSA) is 56.9 Å². The third kappa shape index (κ3) is 4.18. The van der Waals surface area contributed by atoms with Crippen LogP contribution in [0.5, 0.6) is 0 Å². The monoisotopic (exact) mass is 449 g/mol. The highest BCUT2D eigenvalue weighted by atomic mass is 35.5. The van der Waals surface area contributed by atoms with Crippen molar-refractivity contribution in [3.63, 3.8) is 0 Å². The van der Waals surface area contributed by atoms with Crippen LogP contribution in [0.4, 0.5) is 18.9 Å². The lowest BCUT2D eigenvalue weighted by atomic mass is 10.1. The standard InChI is InChI=1S/C21H19ClF3N5O/c22-19-17(18(21(23,24)25)26-30(19)16-9-5-2-6-10-16)20(27-31)29-13-11-28(12-14-29)15-7-3-1-4-8-15/h1-10,31H,11-14H2/b27-20-. The molecule has 1 fully saturated rings. The van der Waals surface area contributed by atoms with Crippen molar-refractivity contribution >= 4 is 23.1 Å². The van der Waals surface area contributed by atoms with E-state index in [0.29, 0.717) is 31.9 Å². The first-order valence-corrected chi connectivity index (χ1v) is 9.96. The van der Waals surface area contributed by atoms with Crippen molar-refractivity contribution in [2.24, 2.45) is 5.16 Å². The van der Waals surface area contributed by atoms with E-state index in [-0.39, 0.29) is 11.0 Å². The van der Waals surface area contributed by atoms with Gasteiger partial charge in [0.25, 0.3) is 0 Å². The Labute approximate surface area is 181 Å². The molecule has 0 amide bonds. The Morgan fingerprint density at radius 2 is 1.45 bits per heavy atom. The van der Waals surface area contributed by atoms with Crippen molar-refractivity contribution < 1.29 is 18.4 Å². The summed E-state index contributed by atoms with van der Waals surface area (Å²) in [6, 6.07) is 18.0. The first-order chi connectivity index (χ1) is 14.9. The second kappa shape index (κ2) is 8.50. The first-order valence-electron chi connectivity index (χ1n) is 9.58. The number of benzene rings is 2. The zero-order chi connectivity index (χ0) is 22.0. The second-order valence-corrected chi connectivity index (χ2v) is 7.35. The van der Waals surface area contributed by atoms with Gasteiger partial charge < -0.3 is 15.0 Å². The molecule has 2 aromatic carbocycles. The molecule has 0 aliphatic carbocycles. The molecule has 0 spiro atoms. The number of anilines is 1. The molecular weight excluding hydrogens is 431 g/mol. The first kappa shape index (κ1) is 21.0. The summed E-state index contributed by atoms with van der Waals surface area (Å²) >= 11 is 6.36. The van der Waals surface area contributed by atoms with Gasteiger partial charge in [-0.1, -0.05) is 53.2 Å². The molecule has 6 nitrogen and oxygen atoms in total. The zero-order valence-corrected chi connectivity index (χ0v) is 17.1. The molecule has 2 heterocycles. The summed E-state index contributed by atoms with van der Waals surface area (Å²) in [7, 11) is 0. The van der Waals surface area contributed by atoms with Crippen molar-refractivity contribution in [3.05, 3.63) is 77.1 Å². The molecular formula is C21H19ClF3N5O. The minimum absolute atomic E-state index is 0.243.